The zero-order valence-corrected chi connectivity index (χ0v) is 16.6. The summed E-state index contributed by atoms with van der Waals surface area (Å²) in [5, 5.41) is 2.06. The molecule has 2 aliphatic rings. The predicted molar refractivity (Wildman–Crippen MR) is 107 cm³/mol. The summed E-state index contributed by atoms with van der Waals surface area (Å²) in [5.41, 5.74) is 5.13. The maximum atomic E-state index is 13.6. The summed E-state index contributed by atoms with van der Waals surface area (Å²) >= 11 is 1.69. The van der Waals surface area contributed by atoms with Crippen molar-refractivity contribution >= 4 is 23.2 Å². The monoisotopic (exact) mass is 399 g/mol. The van der Waals surface area contributed by atoms with E-state index in [0.717, 1.165) is 45.1 Å². The van der Waals surface area contributed by atoms with Gasteiger partial charge in [0, 0.05) is 23.7 Å². The van der Waals surface area contributed by atoms with Crippen molar-refractivity contribution < 1.29 is 14.3 Å². The van der Waals surface area contributed by atoms with Crippen LogP contribution in [0.25, 0.3) is 0 Å². The second-order valence-electron chi connectivity index (χ2n) is 7.64. The molecule has 1 unspecified atom stereocenters. The number of likely N-dealkylation sites (tertiary alicyclic amines) is 1. The van der Waals surface area contributed by atoms with Crippen molar-refractivity contribution in [3.63, 3.8) is 0 Å². The van der Waals surface area contributed by atoms with Gasteiger partial charge in [-0.05, 0) is 43.2 Å². The summed E-state index contributed by atoms with van der Waals surface area (Å²) in [7, 11) is 0. The Morgan fingerprint density at radius 3 is 2.79 bits per heavy atom. The molecule has 1 aliphatic carbocycles. The van der Waals surface area contributed by atoms with Crippen LogP contribution in [0, 0.1) is 0 Å². The number of carbonyl (C=O) groups is 2. The van der Waals surface area contributed by atoms with Crippen molar-refractivity contribution in [2.24, 2.45) is 5.73 Å². The quantitative estimate of drug-likeness (QED) is 0.837. The molecule has 1 saturated carbocycles. The molecule has 0 bridgehead atoms. The maximum Gasteiger partial charge on any atom is 0.267 e. The Balaban J connectivity index is 1.48. The van der Waals surface area contributed by atoms with Crippen LogP contribution in [0.15, 0.2) is 35.8 Å². The third-order valence-electron chi connectivity index (χ3n) is 5.81. The predicted octanol–water partition coefficient (Wildman–Crippen LogP) is 3.12. The van der Waals surface area contributed by atoms with Gasteiger partial charge in [-0.15, -0.1) is 11.3 Å². The van der Waals surface area contributed by atoms with E-state index in [2.05, 4.69) is 16.4 Å². The van der Waals surface area contributed by atoms with Crippen LogP contribution in [0.3, 0.4) is 0 Å². The van der Waals surface area contributed by atoms with Crippen molar-refractivity contribution in [1.82, 2.24) is 9.88 Å². The first kappa shape index (κ1) is 18.9. The Bertz CT molecular complexity index is 846. The highest BCUT2D eigenvalue weighted by Gasteiger charge is 2.46. The lowest BCUT2D eigenvalue weighted by Gasteiger charge is -2.38. The molecule has 148 valence electrons. The fourth-order valence-electron chi connectivity index (χ4n) is 4.43. The summed E-state index contributed by atoms with van der Waals surface area (Å²) in [4.78, 5) is 32.0. The molecule has 1 saturated heterocycles. The molecular formula is C21H25N3O3S. The highest BCUT2D eigenvalue weighted by Crippen LogP contribution is 2.44. The van der Waals surface area contributed by atoms with E-state index in [1.54, 1.807) is 23.5 Å². The van der Waals surface area contributed by atoms with Crippen LogP contribution in [-0.2, 0) is 10.2 Å². The van der Waals surface area contributed by atoms with E-state index in [9.17, 15) is 9.59 Å². The van der Waals surface area contributed by atoms with E-state index in [0.29, 0.717) is 12.3 Å². The first-order valence-corrected chi connectivity index (χ1v) is 10.7. The number of amides is 2. The molecule has 3 heterocycles. The first-order valence-electron chi connectivity index (χ1n) is 9.84. The molecule has 0 spiro atoms. The molecule has 4 rings (SSSR count). The Labute approximate surface area is 168 Å². The Hall–Kier alpha value is -2.41. The molecule has 2 N–H and O–H groups in total. The van der Waals surface area contributed by atoms with Crippen molar-refractivity contribution in [3.8, 4) is 5.75 Å². The van der Waals surface area contributed by atoms with Crippen LogP contribution >= 0.6 is 11.3 Å². The maximum absolute atomic E-state index is 13.6. The topological polar surface area (TPSA) is 85.5 Å². The van der Waals surface area contributed by atoms with Gasteiger partial charge in [-0.25, -0.2) is 0 Å². The van der Waals surface area contributed by atoms with Gasteiger partial charge in [0.2, 0.25) is 5.91 Å². The third kappa shape index (κ3) is 3.63. The number of carbonyl (C=O) groups excluding carboxylic acids is 2. The minimum absolute atomic E-state index is 0.0948. The minimum atomic E-state index is -0.579. The summed E-state index contributed by atoms with van der Waals surface area (Å²) in [5.74, 6) is 0.232. The van der Waals surface area contributed by atoms with Crippen molar-refractivity contribution in [2.45, 2.75) is 50.0 Å². The van der Waals surface area contributed by atoms with E-state index >= 15 is 0 Å². The van der Waals surface area contributed by atoms with E-state index < -0.39 is 5.91 Å². The molecule has 0 radical (unpaired) electrons. The number of primary amides is 1. The van der Waals surface area contributed by atoms with Gasteiger partial charge in [0.05, 0.1) is 12.0 Å². The first-order chi connectivity index (χ1) is 13.6. The number of nitrogens with two attached hydrogens (primary N) is 1. The fraction of sp³-hybridized carbons (Fsp3) is 0.476. The molecule has 28 heavy (non-hydrogen) atoms. The van der Waals surface area contributed by atoms with E-state index in [-0.39, 0.29) is 23.1 Å². The highest BCUT2D eigenvalue weighted by atomic mass is 32.1. The summed E-state index contributed by atoms with van der Waals surface area (Å²) in [6, 6.07) is 7.42. The number of piperidine rings is 1. The van der Waals surface area contributed by atoms with Crippen molar-refractivity contribution in [2.75, 3.05) is 13.1 Å². The molecule has 2 aromatic heterocycles. The molecule has 2 aromatic rings. The second kappa shape index (κ2) is 7.91. The van der Waals surface area contributed by atoms with Gasteiger partial charge in [0.1, 0.15) is 17.5 Å². The largest absolute Gasteiger partial charge is 0.488 e. The van der Waals surface area contributed by atoms with Gasteiger partial charge in [-0.3, -0.25) is 14.6 Å². The number of thiophene rings is 1. The van der Waals surface area contributed by atoms with Crippen LogP contribution in [0.2, 0.25) is 0 Å². The molecule has 6 nitrogen and oxygen atoms in total. The van der Waals surface area contributed by atoms with Gasteiger partial charge in [-0.2, -0.15) is 0 Å². The second-order valence-corrected chi connectivity index (χ2v) is 8.59. The average Bonchev–Trinajstić information content (AvgIpc) is 3.40. The van der Waals surface area contributed by atoms with Crippen molar-refractivity contribution in [3.05, 3.63) is 46.4 Å². The summed E-state index contributed by atoms with van der Waals surface area (Å²) < 4.78 is 6.07. The van der Waals surface area contributed by atoms with E-state index in [1.165, 1.54) is 11.1 Å². The molecular weight excluding hydrogens is 374 g/mol. The van der Waals surface area contributed by atoms with Crippen LogP contribution in [-0.4, -0.2) is 40.9 Å². The van der Waals surface area contributed by atoms with Crippen LogP contribution in [0.4, 0.5) is 0 Å². The smallest absolute Gasteiger partial charge is 0.267 e. The molecule has 2 fully saturated rings. The summed E-state index contributed by atoms with van der Waals surface area (Å²) in [6.45, 7) is 1.34. The van der Waals surface area contributed by atoms with E-state index in [4.69, 9.17) is 10.5 Å². The molecule has 2 amide bonds. The summed E-state index contributed by atoms with van der Waals surface area (Å²) in [6.07, 6.45) is 7.28. The zero-order chi connectivity index (χ0) is 19.6. The lowest BCUT2D eigenvalue weighted by Crippen LogP contribution is -2.51. The zero-order valence-electron chi connectivity index (χ0n) is 15.8. The number of hydrogen-bond acceptors (Lipinski definition) is 5. The number of nitrogens with zero attached hydrogens (tertiary/aromatic N) is 2. The van der Waals surface area contributed by atoms with Gasteiger partial charge in [-0.1, -0.05) is 18.9 Å². The standard InChI is InChI=1S/C21H25N3O3S/c22-19(25)17-13-15(7-10-23-17)27-16-5-3-11-24(14-16)20(26)21(8-1-2-9-21)18-6-4-12-28-18/h4,6-7,10,12-13,16H,1-3,5,8-9,11,14H2,(H2,22,25). The minimum Gasteiger partial charge on any atom is -0.488 e. The van der Waals surface area contributed by atoms with Gasteiger partial charge in [0.15, 0.2) is 0 Å². The number of ether oxygens (including phenoxy) is 1. The van der Waals surface area contributed by atoms with Crippen molar-refractivity contribution in [1.29, 1.82) is 0 Å². The molecule has 1 atom stereocenters. The Morgan fingerprint density at radius 2 is 2.07 bits per heavy atom. The lowest BCUT2D eigenvalue weighted by molar-refractivity contribution is -0.140. The fourth-order valence-corrected chi connectivity index (χ4v) is 5.41. The van der Waals surface area contributed by atoms with Crippen LogP contribution < -0.4 is 10.5 Å². The van der Waals surface area contributed by atoms with Gasteiger partial charge < -0.3 is 15.4 Å². The average molecular weight is 400 g/mol. The SMILES string of the molecule is NC(=O)c1cc(OC2CCCN(C(=O)C3(c4cccs4)CCCC3)C2)ccn1. The van der Waals surface area contributed by atoms with Gasteiger partial charge in [0.25, 0.3) is 5.91 Å². The number of rotatable bonds is 5. The Morgan fingerprint density at radius 1 is 1.25 bits per heavy atom. The third-order valence-corrected chi connectivity index (χ3v) is 6.89. The lowest BCUT2D eigenvalue weighted by atomic mass is 9.82. The molecule has 1 aliphatic heterocycles. The van der Waals surface area contributed by atoms with E-state index in [1.807, 2.05) is 11.0 Å². The van der Waals surface area contributed by atoms with Crippen LogP contribution in [0.5, 0.6) is 5.75 Å². The number of aromatic nitrogens is 1. The Kier molecular flexibility index (Phi) is 5.35. The number of pyridine rings is 1. The molecule has 7 heteroatoms. The molecule has 0 aromatic carbocycles. The number of hydrogen-bond donors (Lipinski definition) is 1. The normalized spacial score (nSPS) is 21.4. The van der Waals surface area contributed by atoms with Crippen LogP contribution in [0.1, 0.15) is 53.9 Å². The van der Waals surface area contributed by atoms with Gasteiger partial charge >= 0.3 is 0 Å². The highest BCUT2D eigenvalue weighted by molar-refractivity contribution is 7.10.